The summed E-state index contributed by atoms with van der Waals surface area (Å²) < 4.78 is 1.74. The molecule has 0 unspecified atom stereocenters. The number of fused-ring (bicyclic) bond motifs is 1. The van der Waals surface area contributed by atoms with E-state index >= 15 is 0 Å². The van der Waals surface area contributed by atoms with Crippen LogP contribution in [0.5, 0.6) is 0 Å². The minimum absolute atomic E-state index is 0.524. The van der Waals surface area contributed by atoms with Gasteiger partial charge in [-0.3, -0.25) is 0 Å². The van der Waals surface area contributed by atoms with E-state index < -0.39 is 0 Å². The smallest absolute Gasteiger partial charge is 0.158 e. The maximum Gasteiger partial charge on any atom is 0.158 e. The van der Waals surface area contributed by atoms with E-state index in [1.807, 2.05) is 18.3 Å². The first-order valence-corrected chi connectivity index (χ1v) is 6.94. The molecular weight excluding hydrogens is 295 g/mol. The molecule has 1 aromatic carbocycles. The second-order valence-corrected chi connectivity index (χ2v) is 5.22. The lowest BCUT2D eigenvalue weighted by Gasteiger charge is -2.04. The van der Waals surface area contributed by atoms with Gasteiger partial charge >= 0.3 is 0 Å². The zero-order chi connectivity index (χ0) is 14.1. The van der Waals surface area contributed by atoms with Gasteiger partial charge < -0.3 is 5.73 Å². The molecule has 4 nitrogen and oxygen atoms in total. The van der Waals surface area contributed by atoms with Crippen LogP contribution in [0.2, 0.25) is 10.0 Å². The summed E-state index contributed by atoms with van der Waals surface area (Å²) in [6.07, 6.45) is 4.29. The molecule has 2 heterocycles. The fraction of sp³-hybridized carbons (Fsp3) is 0.143. The van der Waals surface area contributed by atoms with Crippen LogP contribution in [-0.2, 0) is 6.42 Å². The van der Waals surface area contributed by atoms with Crippen molar-refractivity contribution in [2.45, 2.75) is 6.42 Å². The van der Waals surface area contributed by atoms with Crippen molar-refractivity contribution in [1.29, 1.82) is 0 Å². The molecule has 0 atom stereocenters. The Labute approximate surface area is 126 Å². The highest BCUT2D eigenvalue weighted by Crippen LogP contribution is 2.33. The SMILES string of the molecule is NCCc1c(-c2ccc(Cl)cc2Cl)nn2cccnc12. The quantitative estimate of drug-likeness (QED) is 0.808. The maximum atomic E-state index is 6.28. The van der Waals surface area contributed by atoms with Crippen LogP contribution in [0.4, 0.5) is 0 Å². The highest BCUT2D eigenvalue weighted by molar-refractivity contribution is 6.36. The molecule has 2 aromatic heterocycles. The van der Waals surface area contributed by atoms with Crippen LogP contribution >= 0.6 is 23.2 Å². The molecule has 0 aliphatic heterocycles. The molecule has 0 aliphatic carbocycles. The molecule has 0 radical (unpaired) electrons. The lowest BCUT2D eigenvalue weighted by Crippen LogP contribution is -2.04. The standard InChI is InChI=1S/C14H12Cl2N4/c15-9-2-3-10(12(16)8-9)13-11(4-5-17)14-18-6-1-7-20(14)19-13/h1-3,6-8H,4-5,17H2. The summed E-state index contributed by atoms with van der Waals surface area (Å²) in [6.45, 7) is 0.524. The Balaban J connectivity index is 2.26. The number of aromatic nitrogens is 3. The van der Waals surface area contributed by atoms with Crippen LogP contribution in [-0.4, -0.2) is 21.1 Å². The number of benzene rings is 1. The summed E-state index contributed by atoms with van der Waals surface area (Å²) in [6, 6.07) is 7.21. The average molecular weight is 307 g/mol. The van der Waals surface area contributed by atoms with Gasteiger partial charge in [0.25, 0.3) is 0 Å². The van der Waals surface area contributed by atoms with Crippen LogP contribution < -0.4 is 5.73 Å². The number of halogens is 2. The Morgan fingerprint density at radius 1 is 1.25 bits per heavy atom. The minimum Gasteiger partial charge on any atom is -0.330 e. The van der Waals surface area contributed by atoms with Gasteiger partial charge in [0.1, 0.15) is 0 Å². The zero-order valence-corrected chi connectivity index (χ0v) is 12.1. The van der Waals surface area contributed by atoms with Gasteiger partial charge in [0, 0.05) is 28.5 Å². The molecule has 0 amide bonds. The van der Waals surface area contributed by atoms with Gasteiger partial charge in [-0.05, 0) is 37.2 Å². The van der Waals surface area contributed by atoms with Crippen LogP contribution in [0.1, 0.15) is 5.56 Å². The van der Waals surface area contributed by atoms with E-state index in [-0.39, 0.29) is 0 Å². The number of hydrogen-bond acceptors (Lipinski definition) is 3. The summed E-state index contributed by atoms with van der Waals surface area (Å²) in [5.41, 5.74) is 9.14. The van der Waals surface area contributed by atoms with Crippen LogP contribution in [0.25, 0.3) is 16.9 Å². The second kappa shape index (κ2) is 5.40. The number of hydrogen-bond donors (Lipinski definition) is 1. The molecular formula is C14H12Cl2N4. The Morgan fingerprint density at radius 2 is 2.10 bits per heavy atom. The first-order chi connectivity index (χ1) is 9.70. The van der Waals surface area contributed by atoms with Crippen LogP contribution in [0.15, 0.2) is 36.7 Å². The van der Waals surface area contributed by atoms with Gasteiger partial charge in [-0.25, -0.2) is 9.50 Å². The normalized spacial score (nSPS) is 11.2. The van der Waals surface area contributed by atoms with Crippen molar-refractivity contribution in [2.75, 3.05) is 6.54 Å². The van der Waals surface area contributed by atoms with E-state index in [2.05, 4.69) is 10.1 Å². The van der Waals surface area contributed by atoms with E-state index in [1.165, 1.54) is 0 Å². The molecule has 0 fully saturated rings. The van der Waals surface area contributed by atoms with Crippen molar-refractivity contribution in [3.63, 3.8) is 0 Å². The van der Waals surface area contributed by atoms with Crippen molar-refractivity contribution in [2.24, 2.45) is 5.73 Å². The van der Waals surface area contributed by atoms with E-state index in [4.69, 9.17) is 28.9 Å². The number of rotatable bonds is 3. The molecule has 0 saturated heterocycles. The summed E-state index contributed by atoms with van der Waals surface area (Å²) in [5.74, 6) is 0. The Hall–Kier alpha value is -1.62. The van der Waals surface area contributed by atoms with Gasteiger partial charge in [-0.1, -0.05) is 23.2 Å². The minimum atomic E-state index is 0.524. The van der Waals surface area contributed by atoms with Gasteiger partial charge in [-0.15, -0.1) is 0 Å². The summed E-state index contributed by atoms with van der Waals surface area (Å²) in [4.78, 5) is 4.37. The van der Waals surface area contributed by atoms with Gasteiger partial charge in [0.05, 0.1) is 10.7 Å². The molecule has 2 N–H and O–H groups in total. The molecule has 102 valence electrons. The second-order valence-electron chi connectivity index (χ2n) is 4.38. The molecule has 0 saturated carbocycles. The van der Waals surface area contributed by atoms with E-state index in [0.717, 1.165) is 22.5 Å². The van der Waals surface area contributed by atoms with E-state index in [9.17, 15) is 0 Å². The van der Waals surface area contributed by atoms with Crippen LogP contribution in [0, 0.1) is 0 Å². The highest BCUT2D eigenvalue weighted by Gasteiger charge is 2.17. The third-order valence-corrected chi connectivity index (χ3v) is 3.62. The predicted octanol–water partition coefficient (Wildman–Crippen LogP) is 3.20. The van der Waals surface area contributed by atoms with Gasteiger partial charge in [0.15, 0.2) is 5.65 Å². The molecule has 3 rings (SSSR count). The van der Waals surface area contributed by atoms with Crippen molar-refractivity contribution in [3.05, 3.63) is 52.3 Å². The average Bonchev–Trinajstić information content (AvgIpc) is 2.78. The predicted molar refractivity (Wildman–Crippen MR) is 81.2 cm³/mol. The van der Waals surface area contributed by atoms with Crippen molar-refractivity contribution < 1.29 is 0 Å². The summed E-state index contributed by atoms with van der Waals surface area (Å²) in [7, 11) is 0. The summed E-state index contributed by atoms with van der Waals surface area (Å²) >= 11 is 12.2. The summed E-state index contributed by atoms with van der Waals surface area (Å²) in [5, 5.41) is 5.73. The molecule has 0 bridgehead atoms. The van der Waals surface area contributed by atoms with Gasteiger partial charge in [-0.2, -0.15) is 5.10 Å². The molecule has 20 heavy (non-hydrogen) atoms. The number of nitrogens with two attached hydrogens (primary N) is 1. The fourth-order valence-electron chi connectivity index (χ4n) is 2.21. The van der Waals surface area contributed by atoms with Crippen molar-refractivity contribution >= 4 is 28.8 Å². The first kappa shape index (κ1) is 13.4. The largest absolute Gasteiger partial charge is 0.330 e. The monoisotopic (exact) mass is 306 g/mol. The molecule has 0 spiro atoms. The first-order valence-electron chi connectivity index (χ1n) is 6.18. The Bertz CT molecular complexity index is 767. The molecule has 3 aromatic rings. The van der Waals surface area contributed by atoms with E-state index in [0.29, 0.717) is 23.0 Å². The zero-order valence-electron chi connectivity index (χ0n) is 10.6. The fourth-order valence-corrected chi connectivity index (χ4v) is 2.70. The van der Waals surface area contributed by atoms with Gasteiger partial charge in [0.2, 0.25) is 0 Å². The van der Waals surface area contributed by atoms with Crippen molar-refractivity contribution in [1.82, 2.24) is 14.6 Å². The third kappa shape index (κ3) is 2.26. The molecule has 0 aliphatic rings. The topological polar surface area (TPSA) is 56.2 Å². The molecule has 6 heteroatoms. The van der Waals surface area contributed by atoms with Crippen molar-refractivity contribution in [3.8, 4) is 11.3 Å². The third-order valence-electron chi connectivity index (χ3n) is 3.07. The van der Waals surface area contributed by atoms with Crippen LogP contribution in [0.3, 0.4) is 0 Å². The Kier molecular flexibility index (Phi) is 3.61. The number of nitrogens with zero attached hydrogens (tertiary/aromatic N) is 3. The lowest BCUT2D eigenvalue weighted by atomic mass is 10.1. The maximum absolute atomic E-state index is 6.28. The Morgan fingerprint density at radius 3 is 2.85 bits per heavy atom. The highest BCUT2D eigenvalue weighted by atomic mass is 35.5. The lowest BCUT2D eigenvalue weighted by molar-refractivity contribution is 0.941. The van der Waals surface area contributed by atoms with E-state index in [1.54, 1.807) is 22.8 Å².